The van der Waals surface area contributed by atoms with Crippen molar-refractivity contribution in [2.24, 2.45) is 17.3 Å². The van der Waals surface area contributed by atoms with Gasteiger partial charge in [-0.05, 0) is 49.5 Å². The lowest BCUT2D eigenvalue weighted by Gasteiger charge is -2.31. The van der Waals surface area contributed by atoms with Gasteiger partial charge in [-0.2, -0.15) is 0 Å². The summed E-state index contributed by atoms with van der Waals surface area (Å²) in [6.45, 7) is 13.0. The highest BCUT2D eigenvalue weighted by Crippen LogP contribution is 2.31. The molecule has 0 aliphatic heterocycles. The van der Waals surface area contributed by atoms with Gasteiger partial charge in [0.2, 0.25) is 0 Å². The lowest BCUT2D eigenvalue weighted by molar-refractivity contribution is 0.241. The molecule has 0 heterocycles. The van der Waals surface area contributed by atoms with Gasteiger partial charge < -0.3 is 5.32 Å². The molecule has 120 valence electrons. The Labute approximate surface area is 128 Å². The van der Waals surface area contributed by atoms with Crippen molar-refractivity contribution < 1.29 is 0 Å². The van der Waals surface area contributed by atoms with E-state index >= 15 is 0 Å². The molecule has 0 aromatic carbocycles. The van der Waals surface area contributed by atoms with E-state index in [2.05, 4.69) is 39.9 Å². The maximum atomic E-state index is 3.83. The van der Waals surface area contributed by atoms with Gasteiger partial charge in [-0.25, -0.2) is 0 Å². The van der Waals surface area contributed by atoms with Gasteiger partial charge in [-0.3, -0.25) is 0 Å². The quantitative estimate of drug-likeness (QED) is 0.594. The van der Waals surface area contributed by atoms with Gasteiger partial charge >= 0.3 is 0 Å². The highest BCUT2D eigenvalue weighted by molar-refractivity contribution is 4.78. The fraction of sp³-hybridized carbons (Fsp3) is 1.00. The summed E-state index contributed by atoms with van der Waals surface area (Å²) >= 11 is 0. The molecule has 0 bridgehead atoms. The Bertz CT molecular complexity index is 235. The zero-order valence-electron chi connectivity index (χ0n) is 14.8. The predicted octanol–water partition coefficient (Wildman–Crippen LogP) is 5.79. The van der Waals surface area contributed by atoms with Crippen molar-refractivity contribution in [1.82, 2.24) is 5.32 Å². The molecule has 0 aromatic rings. The van der Waals surface area contributed by atoms with Gasteiger partial charge in [-0.1, -0.05) is 66.7 Å². The molecule has 0 saturated heterocycles. The van der Waals surface area contributed by atoms with Crippen LogP contribution in [0.5, 0.6) is 0 Å². The molecule has 0 spiro atoms. The van der Waals surface area contributed by atoms with Crippen molar-refractivity contribution in [3.8, 4) is 0 Å². The first-order chi connectivity index (χ1) is 9.40. The summed E-state index contributed by atoms with van der Waals surface area (Å²) in [6.07, 6.45) is 12.8. The van der Waals surface area contributed by atoms with Gasteiger partial charge in [0.1, 0.15) is 0 Å². The van der Waals surface area contributed by atoms with Crippen LogP contribution >= 0.6 is 0 Å². The SMILES string of the molecule is CCCNC(CC(C)CC(C)(C)C)CC1CCCCC1. The summed E-state index contributed by atoms with van der Waals surface area (Å²) in [7, 11) is 0. The van der Waals surface area contributed by atoms with E-state index < -0.39 is 0 Å². The molecule has 1 aliphatic rings. The number of hydrogen-bond donors (Lipinski definition) is 1. The highest BCUT2D eigenvalue weighted by atomic mass is 14.9. The van der Waals surface area contributed by atoms with Crippen LogP contribution in [0.15, 0.2) is 0 Å². The lowest BCUT2D eigenvalue weighted by Crippen LogP contribution is -2.34. The van der Waals surface area contributed by atoms with E-state index in [1.54, 1.807) is 0 Å². The fourth-order valence-electron chi connectivity index (χ4n) is 4.05. The number of nitrogens with one attached hydrogen (secondary N) is 1. The Morgan fingerprint density at radius 3 is 2.30 bits per heavy atom. The molecule has 0 aromatic heterocycles. The minimum absolute atomic E-state index is 0.472. The Morgan fingerprint density at radius 2 is 1.75 bits per heavy atom. The molecular weight excluding hydrogens is 242 g/mol. The Balaban J connectivity index is 2.41. The van der Waals surface area contributed by atoms with E-state index in [1.165, 1.54) is 64.3 Å². The van der Waals surface area contributed by atoms with E-state index in [4.69, 9.17) is 0 Å². The number of hydrogen-bond acceptors (Lipinski definition) is 1. The van der Waals surface area contributed by atoms with Crippen LogP contribution < -0.4 is 5.32 Å². The maximum absolute atomic E-state index is 3.83. The molecule has 0 amide bonds. The molecule has 1 N–H and O–H groups in total. The molecule has 20 heavy (non-hydrogen) atoms. The molecular formula is C19H39N. The monoisotopic (exact) mass is 281 g/mol. The summed E-state index contributed by atoms with van der Waals surface area (Å²) in [5.74, 6) is 1.84. The van der Waals surface area contributed by atoms with Crippen LogP contribution in [-0.4, -0.2) is 12.6 Å². The van der Waals surface area contributed by atoms with Crippen molar-refractivity contribution >= 4 is 0 Å². The molecule has 1 fully saturated rings. The molecule has 2 atom stereocenters. The predicted molar refractivity (Wildman–Crippen MR) is 91.1 cm³/mol. The van der Waals surface area contributed by atoms with Crippen LogP contribution in [0.2, 0.25) is 0 Å². The third-order valence-corrected chi connectivity index (χ3v) is 4.67. The van der Waals surface area contributed by atoms with Crippen LogP contribution in [0.4, 0.5) is 0 Å². The van der Waals surface area contributed by atoms with Crippen LogP contribution in [-0.2, 0) is 0 Å². The van der Waals surface area contributed by atoms with Crippen molar-refractivity contribution in [3.05, 3.63) is 0 Å². The van der Waals surface area contributed by atoms with Gasteiger partial charge in [0, 0.05) is 6.04 Å². The zero-order valence-corrected chi connectivity index (χ0v) is 14.8. The van der Waals surface area contributed by atoms with E-state index in [1.807, 2.05) is 0 Å². The largest absolute Gasteiger partial charge is 0.314 e. The summed E-state index contributed by atoms with van der Waals surface area (Å²) < 4.78 is 0. The molecule has 1 nitrogen and oxygen atoms in total. The zero-order chi connectivity index (χ0) is 15.0. The summed E-state index contributed by atoms with van der Waals surface area (Å²) in [5, 5.41) is 3.83. The summed E-state index contributed by atoms with van der Waals surface area (Å²) in [5.41, 5.74) is 0.472. The smallest absolute Gasteiger partial charge is 0.00722 e. The van der Waals surface area contributed by atoms with E-state index in [9.17, 15) is 0 Å². The minimum Gasteiger partial charge on any atom is -0.314 e. The fourth-order valence-corrected chi connectivity index (χ4v) is 4.05. The Morgan fingerprint density at radius 1 is 1.10 bits per heavy atom. The van der Waals surface area contributed by atoms with Gasteiger partial charge in [-0.15, -0.1) is 0 Å². The van der Waals surface area contributed by atoms with Crippen molar-refractivity contribution in [2.75, 3.05) is 6.54 Å². The third kappa shape index (κ3) is 8.29. The average molecular weight is 282 g/mol. The molecule has 1 heteroatoms. The van der Waals surface area contributed by atoms with Crippen molar-refractivity contribution in [2.45, 2.75) is 98.4 Å². The first kappa shape index (κ1) is 18.0. The van der Waals surface area contributed by atoms with Crippen molar-refractivity contribution in [1.29, 1.82) is 0 Å². The number of rotatable bonds is 8. The molecule has 1 aliphatic carbocycles. The first-order valence-corrected chi connectivity index (χ1v) is 9.14. The minimum atomic E-state index is 0.472. The Kier molecular flexibility index (Phi) is 8.17. The molecule has 1 saturated carbocycles. The van der Waals surface area contributed by atoms with E-state index in [0.29, 0.717) is 5.41 Å². The molecule has 0 radical (unpaired) electrons. The van der Waals surface area contributed by atoms with Crippen LogP contribution in [0.3, 0.4) is 0 Å². The maximum Gasteiger partial charge on any atom is 0.00722 e. The van der Waals surface area contributed by atoms with Gasteiger partial charge in [0.05, 0.1) is 0 Å². The second-order valence-corrected chi connectivity index (χ2v) is 8.50. The lowest BCUT2D eigenvalue weighted by atomic mass is 9.79. The summed E-state index contributed by atoms with van der Waals surface area (Å²) in [6, 6.07) is 0.760. The van der Waals surface area contributed by atoms with Crippen LogP contribution in [0.1, 0.15) is 92.4 Å². The first-order valence-electron chi connectivity index (χ1n) is 9.14. The van der Waals surface area contributed by atoms with Gasteiger partial charge in [0.15, 0.2) is 0 Å². The second-order valence-electron chi connectivity index (χ2n) is 8.50. The summed E-state index contributed by atoms with van der Waals surface area (Å²) in [4.78, 5) is 0. The molecule has 1 rings (SSSR count). The average Bonchev–Trinajstić information content (AvgIpc) is 2.35. The topological polar surface area (TPSA) is 12.0 Å². The molecule has 2 unspecified atom stereocenters. The van der Waals surface area contributed by atoms with Crippen LogP contribution in [0.25, 0.3) is 0 Å². The van der Waals surface area contributed by atoms with Crippen molar-refractivity contribution in [3.63, 3.8) is 0 Å². The standard InChI is InChI=1S/C19H39N/c1-6-12-20-18(13-16(2)15-19(3,4)5)14-17-10-8-7-9-11-17/h16-18,20H,6-15H2,1-5H3. The second kappa shape index (κ2) is 9.07. The van der Waals surface area contributed by atoms with E-state index in [0.717, 1.165) is 17.9 Å². The van der Waals surface area contributed by atoms with E-state index in [-0.39, 0.29) is 0 Å². The normalized spacial score (nSPS) is 20.9. The van der Waals surface area contributed by atoms with Crippen LogP contribution in [0, 0.1) is 17.3 Å². The van der Waals surface area contributed by atoms with Gasteiger partial charge in [0.25, 0.3) is 0 Å². The highest BCUT2D eigenvalue weighted by Gasteiger charge is 2.22. The third-order valence-electron chi connectivity index (χ3n) is 4.67. The Hall–Kier alpha value is -0.0400.